The van der Waals surface area contributed by atoms with Gasteiger partial charge >= 0.3 is 0 Å². The average Bonchev–Trinajstić information content (AvgIpc) is 2.84. The third-order valence-electron chi connectivity index (χ3n) is 3.14. The zero-order valence-electron chi connectivity index (χ0n) is 10.9. The highest BCUT2D eigenvalue weighted by Gasteiger charge is 2.18. The van der Waals surface area contributed by atoms with Gasteiger partial charge in [-0.1, -0.05) is 21.1 Å². The standard InChI is InChI=1S/C13H18BrN3O2/c1-17(4-2-12(15)16-18)8-10-7-11(14)6-9-3-5-19-13(9)10/h6-7,18H,2-5,8H2,1H3,(H2,15,16). The largest absolute Gasteiger partial charge is 0.493 e. The van der Waals surface area contributed by atoms with Gasteiger partial charge in [-0.2, -0.15) is 0 Å². The third-order valence-corrected chi connectivity index (χ3v) is 3.60. The fraction of sp³-hybridized carbons (Fsp3) is 0.462. The van der Waals surface area contributed by atoms with Gasteiger partial charge in [-0.3, -0.25) is 0 Å². The van der Waals surface area contributed by atoms with E-state index in [0.717, 1.165) is 36.3 Å². The number of ether oxygens (including phenoxy) is 1. The van der Waals surface area contributed by atoms with Gasteiger partial charge in [0.1, 0.15) is 11.6 Å². The molecule has 2 rings (SSSR count). The lowest BCUT2D eigenvalue weighted by Gasteiger charge is -2.18. The molecule has 0 bridgehead atoms. The zero-order chi connectivity index (χ0) is 13.8. The monoisotopic (exact) mass is 327 g/mol. The van der Waals surface area contributed by atoms with Crippen LogP contribution < -0.4 is 10.5 Å². The van der Waals surface area contributed by atoms with Crippen LogP contribution >= 0.6 is 15.9 Å². The van der Waals surface area contributed by atoms with E-state index in [1.807, 2.05) is 7.05 Å². The summed E-state index contributed by atoms with van der Waals surface area (Å²) in [5.74, 6) is 1.27. The number of rotatable bonds is 5. The molecule has 0 amide bonds. The number of nitrogens with two attached hydrogens (primary N) is 1. The summed E-state index contributed by atoms with van der Waals surface area (Å²) in [6, 6.07) is 4.20. The normalized spacial score (nSPS) is 14.6. The van der Waals surface area contributed by atoms with Crippen molar-refractivity contribution in [3.8, 4) is 5.75 Å². The molecule has 0 fully saturated rings. The Labute approximate surface area is 121 Å². The summed E-state index contributed by atoms with van der Waals surface area (Å²) in [6.07, 6.45) is 1.51. The summed E-state index contributed by atoms with van der Waals surface area (Å²) >= 11 is 3.53. The van der Waals surface area contributed by atoms with Gasteiger partial charge in [0.2, 0.25) is 0 Å². The van der Waals surface area contributed by atoms with Gasteiger partial charge in [0.05, 0.1) is 6.61 Å². The van der Waals surface area contributed by atoms with E-state index >= 15 is 0 Å². The molecule has 5 nitrogen and oxygen atoms in total. The third kappa shape index (κ3) is 3.61. The Balaban J connectivity index is 2.03. The topological polar surface area (TPSA) is 71.1 Å². The fourth-order valence-corrected chi connectivity index (χ4v) is 2.74. The Bertz CT molecular complexity index is 491. The predicted octanol–water partition coefficient (Wildman–Crippen LogP) is 1.95. The molecule has 3 N–H and O–H groups in total. The summed E-state index contributed by atoms with van der Waals surface area (Å²) in [5, 5.41) is 11.5. The molecule has 0 aromatic heterocycles. The lowest BCUT2D eigenvalue weighted by molar-refractivity contribution is 0.305. The number of hydrogen-bond donors (Lipinski definition) is 2. The van der Waals surface area contributed by atoms with Crippen LogP contribution in [0.15, 0.2) is 21.8 Å². The van der Waals surface area contributed by atoms with Crippen LogP contribution in [0.2, 0.25) is 0 Å². The van der Waals surface area contributed by atoms with Crippen molar-refractivity contribution < 1.29 is 9.94 Å². The number of amidine groups is 1. The van der Waals surface area contributed by atoms with Gasteiger partial charge in [-0.05, 0) is 24.7 Å². The quantitative estimate of drug-likeness (QED) is 0.375. The van der Waals surface area contributed by atoms with Crippen LogP contribution in [-0.2, 0) is 13.0 Å². The van der Waals surface area contributed by atoms with Crippen LogP contribution in [0.3, 0.4) is 0 Å². The average molecular weight is 328 g/mol. The van der Waals surface area contributed by atoms with Crippen molar-refractivity contribution in [2.24, 2.45) is 10.9 Å². The number of halogens is 1. The number of fused-ring (bicyclic) bond motifs is 1. The molecule has 0 saturated carbocycles. The van der Waals surface area contributed by atoms with Crippen LogP contribution in [0.1, 0.15) is 17.5 Å². The Hall–Kier alpha value is -1.27. The predicted molar refractivity (Wildman–Crippen MR) is 77.7 cm³/mol. The van der Waals surface area contributed by atoms with E-state index in [4.69, 9.17) is 15.7 Å². The lowest BCUT2D eigenvalue weighted by Crippen LogP contribution is -2.24. The Morgan fingerprint density at radius 2 is 2.37 bits per heavy atom. The van der Waals surface area contributed by atoms with Crippen LogP contribution in [-0.4, -0.2) is 36.1 Å². The molecule has 0 spiro atoms. The summed E-state index contributed by atoms with van der Waals surface area (Å²) in [5.41, 5.74) is 7.90. The van der Waals surface area contributed by atoms with Crippen molar-refractivity contribution in [2.75, 3.05) is 20.2 Å². The van der Waals surface area contributed by atoms with E-state index < -0.39 is 0 Å². The van der Waals surface area contributed by atoms with Crippen LogP contribution in [0.25, 0.3) is 0 Å². The highest BCUT2D eigenvalue weighted by atomic mass is 79.9. The molecule has 0 atom stereocenters. The molecule has 1 aliphatic heterocycles. The maximum atomic E-state index is 8.52. The second-order valence-corrected chi connectivity index (χ2v) is 5.65. The van der Waals surface area contributed by atoms with Gasteiger partial charge in [0, 0.05) is 36.0 Å². The summed E-state index contributed by atoms with van der Waals surface area (Å²) in [4.78, 5) is 2.13. The van der Waals surface area contributed by atoms with Gasteiger partial charge in [-0.25, -0.2) is 0 Å². The van der Waals surface area contributed by atoms with Gasteiger partial charge < -0.3 is 20.6 Å². The molecular formula is C13H18BrN3O2. The highest BCUT2D eigenvalue weighted by Crippen LogP contribution is 2.33. The van der Waals surface area contributed by atoms with Crippen molar-refractivity contribution in [1.29, 1.82) is 0 Å². The molecule has 0 saturated heterocycles. The van der Waals surface area contributed by atoms with Crippen LogP contribution in [0.5, 0.6) is 5.75 Å². The number of oxime groups is 1. The zero-order valence-corrected chi connectivity index (χ0v) is 12.5. The molecule has 1 aliphatic rings. The molecule has 0 unspecified atom stereocenters. The van der Waals surface area contributed by atoms with Crippen molar-refractivity contribution in [2.45, 2.75) is 19.4 Å². The van der Waals surface area contributed by atoms with Crippen molar-refractivity contribution in [3.05, 3.63) is 27.7 Å². The summed E-state index contributed by atoms with van der Waals surface area (Å²) in [7, 11) is 2.01. The van der Waals surface area contributed by atoms with Crippen LogP contribution in [0, 0.1) is 0 Å². The number of hydrogen-bond acceptors (Lipinski definition) is 4. The van der Waals surface area contributed by atoms with Gasteiger partial charge in [0.15, 0.2) is 0 Å². The first-order valence-corrected chi connectivity index (χ1v) is 6.98. The van der Waals surface area contributed by atoms with Crippen molar-refractivity contribution in [1.82, 2.24) is 4.90 Å². The minimum absolute atomic E-state index is 0.252. The van der Waals surface area contributed by atoms with E-state index in [1.54, 1.807) is 0 Å². The van der Waals surface area contributed by atoms with Crippen LogP contribution in [0.4, 0.5) is 0 Å². The summed E-state index contributed by atoms with van der Waals surface area (Å²) in [6.45, 7) is 2.27. The number of benzene rings is 1. The minimum Gasteiger partial charge on any atom is -0.493 e. The molecule has 1 aromatic carbocycles. The van der Waals surface area contributed by atoms with Gasteiger partial charge in [0.25, 0.3) is 0 Å². The fourth-order valence-electron chi connectivity index (χ4n) is 2.19. The van der Waals surface area contributed by atoms with Crippen molar-refractivity contribution in [3.63, 3.8) is 0 Å². The van der Waals surface area contributed by atoms with E-state index in [1.165, 1.54) is 11.1 Å². The SMILES string of the molecule is CN(CC/C(N)=N/O)Cc1cc(Br)cc2c1OCC2. The second-order valence-electron chi connectivity index (χ2n) is 4.73. The van der Waals surface area contributed by atoms with Gasteiger partial charge in [-0.15, -0.1) is 0 Å². The Morgan fingerprint density at radius 3 is 3.11 bits per heavy atom. The molecule has 19 heavy (non-hydrogen) atoms. The molecule has 6 heteroatoms. The smallest absolute Gasteiger partial charge is 0.140 e. The van der Waals surface area contributed by atoms with E-state index in [-0.39, 0.29) is 5.84 Å². The maximum absolute atomic E-state index is 8.52. The molecule has 0 radical (unpaired) electrons. The molecule has 1 heterocycles. The van der Waals surface area contributed by atoms with E-state index in [2.05, 4.69) is 38.1 Å². The molecule has 1 aromatic rings. The first-order chi connectivity index (χ1) is 9.10. The first-order valence-electron chi connectivity index (χ1n) is 6.19. The summed E-state index contributed by atoms with van der Waals surface area (Å²) < 4.78 is 6.78. The molecular weight excluding hydrogens is 310 g/mol. The first kappa shape index (κ1) is 14.1. The number of nitrogens with zero attached hydrogens (tertiary/aromatic N) is 2. The minimum atomic E-state index is 0.252. The van der Waals surface area contributed by atoms with E-state index in [9.17, 15) is 0 Å². The van der Waals surface area contributed by atoms with Crippen molar-refractivity contribution >= 4 is 21.8 Å². The second kappa shape index (κ2) is 6.25. The maximum Gasteiger partial charge on any atom is 0.140 e. The highest BCUT2D eigenvalue weighted by molar-refractivity contribution is 9.10. The molecule has 104 valence electrons. The Kier molecular flexibility index (Phi) is 4.66. The van der Waals surface area contributed by atoms with E-state index in [0.29, 0.717) is 6.42 Å². The molecule has 0 aliphatic carbocycles. The Morgan fingerprint density at radius 1 is 1.58 bits per heavy atom. The lowest BCUT2D eigenvalue weighted by atomic mass is 10.1.